The zero-order chi connectivity index (χ0) is 10.3. The van der Waals surface area contributed by atoms with Gasteiger partial charge < -0.3 is 4.74 Å². The van der Waals surface area contributed by atoms with Gasteiger partial charge in [0.25, 0.3) is 0 Å². The number of Topliss-reactive ketones (excluding diaryl/α,β-unsaturated/α-hetero) is 1. The summed E-state index contributed by atoms with van der Waals surface area (Å²) in [5.74, 6) is 2.07. The van der Waals surface area contributed by atoms with Crippen molar-refractivity contribution in [2.45, 2.75) is 19.3 Å². The van der Waals surface area contributed by atoms with Crippen molar-refractivity contribution in [1.82, 2.24) is 4.90 Å². The Balaban J connectivity index is 1.60. The Bertz CT molecular complexity index is 260. The van der Waals surface area contributed by atoms with E-state index in [-0.39, 0.29) is 0 Å². The van der Waals surface area contributed by atoms with E-state index >= 15 is 0 Å². The second-order valence-electron chi connectivity index (χ2n) is 5.19. The molecule has 2 bridgehead atoms. The predicted molar refractivity (Wildman–Crippen MR) is 56.6 cm³/mol. The summed E-state index contributed by atoms with van der Waals surface area (Å²) < 4.78 is 5.33. The van der Waals surface area contributed by atoms with Crippen molar-refractivity contribution in [2.24, 2.45) is 17.8 Å². The standard InChI is InChI=1S/C12H19NO2/c14-12-10-2-1-9(7-10)11(12)8-13-3-5-15-6-4-13/h9-11H,1-8H2/t9-,10-,11+/m1/s1. The lowest BCUT2D eigenvalue weighted by Gasteiger charge is -2.31. The number of ether oxygens (including phenoxy) is 1. The zero-order valence-electron chi connectivity index (χ0n) is 9.15. The molecule has 3 fully saturated rings. The van der Waals surface area contributed by atoms with Crippen molar-refractivity contribution in [1.29, 1.82) is 0 Å². The molecule has 84 valence electrons. The minimum Gasteiger partial charge on any atom is -0.379 e. The number of fused-ring (bicyclic) bond motifs is 2. The summed E-state index contributed by atoms with van der Waals surface area (Å²) in [5, 5.41) is 0. The molecule has 0 aromatic carbocycles. The first-order valence-electron chi connectivity index (χ1n) is 6.18. The number of rotatable bonds is 2. The zero-order valence-corrected chi connectivity index (χ0v) is 9.15. The average Bonchev–Trinajstić information content (AvgIpc) is 2.84. The molecule has 15 heavy (non-hydrogen) atoms. The summed E-state index contributed by atoms with van der Waals surface area (Å²) in [5.41, 5.74) is 0. The maximum atomic E-state index is 12.0. The number of nitrogens with zero attached hydrogens (tertiary/aromatic N) is 1. The van der Waals surface area contributed by atoms with Crippen molar-refractivity contribution in [3.8, 4) is 0 Å². The highest BCUT2D eigenvalue weighted by Gasteiger charge is 2.46. The molecule has 0 unspecified atom stereocenters. The Morgan fingerprint density at radius 1 is 1.27 bits per heavy atom. The number of morpholine rings is 1. The van der Waals surface area contributed by atoms with Gasteiger partial charge in [0.1, 0.15) is 5.78 Å². The van der Waals surface area contributed by atoms with E-state index in [1.54, 1.807) is 0 Å². The molecule has 2 aliphatic carbocycles. The average molecular weight is 209 g/mol. The normalized spacial score (nSPS) is 41.3. The second kappa shape index (κ2) is 3.87. The van der Waals surface area contributed by atoms with E-state index in [0.717, 1.165) is 32.8 Å². The largest absolute Gasteiger partial charge is 0.379 e. The molecular formula is C12H19NO2. The number of ketones is 1. The second-order valence-corrected chi connectivity index (χ2v) is 5.19. The Hall–Kier alpha value is -0.410. The molecule has 1 saturated heterocycles. The fourth-order valence-corrected chi connectivity index (χ4v) is 3.48. The van der Waals surface area contributed by atoms with Crippen LogP contribution in [0.5, 0.6) is 0 Å². The summed E-state index contributed by atoms with van der Waals surface area (Å²) >= 11 is 0. The van der Waals surface area contributed by atoms with Gasteiger partial charge >= 0.3 is 0 Å². The van der Waals surface area contributed by atoms with E-state index in [1.165, 1.54) is 19.3 Å². The lowest BCUT2D eigenvalue weighted by Crippen LogP contribution is -2.42. The van der Waals surface area contributed by atoms with Gasteiger partial charge in [-0.15, -0.1) is 0 Å². The number of carbonyl (C=O) groups excluding carboxylic acids is 1. The smallest absolute Gasteiger partial charge is 0.140 e. The highest BCUT2D eigenvalue weighted by Crippen LogP contribution is 2.46. The molecule has 1 aliphatic heterocycles. The molecule has 2 saturated carbocycles. The van der Waals surface area contributed by atoms with E-state index in [4.69, 9.17) is 4.74 Å². The molecule has 3 nitrogen and oxygen atoms in total. The maximum absolute atomic E-state index is 12.0. The lowest BCUT2D eigenvalue weighted by atomic mass is 9.87. The Kier molecular flexibility index (Phi) is 2.53. The van der Waals surface area contributed by atoms with Gasteiger partial charge in [0.05, 0.1) is 13.2 Å². The molecule has 3 heteroatoms. The van der Waals surface area contributed by atoms with E-state index in [0.29, 0.717) is 23.5 Å². The van der Waals surface area contributed by atoms with Crippen LogP contribution in [0.1, 0.15) is 19.3 Å². The van der Waals surface area contributed by atoms with Gasteiger partial charge in [-0.2, -0.15) is 0 Å². The highest BCUT2D eigenvalue weighted by atomic mass is 16.5. The fourth-order valence-electron chi connectivity index (χ4n) is 3.48. The van der Waals surface area contributed by atoms with Crippen molar-refractivity contribution in [2.75, 3.05) is 32.8 Å². The fraction of sp³-hybridized carbons (Fsp3) is 0.917. The highest BCUT2D eigenvalue weighted by molar-refractivity contribution is 5.87. The van der Waals surface area contributed by atoms with Crippen LogP contribution in [0, 0.1) is 17.8 Å². The molecule has 0 N–H and O–H groups in total. The third-order valence-electron chi connectivity index (χ3n) is 4.37. The molecular weight excluding hydrogens is 190 g/mol. The minimum absolute atomic E-state index is 0.363. The summed E-state index contributed by atoms with van der Waals surface area (Å²) in [6.07, 6.45) is 3.66. The third-order valence-corrected chi connectivity index (χ3v) is 4.37. The summed E-state index contributed by atoms with van der Waals surface area (Å²) in [6.45, 7) is 4.72. The van der Waals surface area contributed by atoms with E-state index in [2.05, 4.69) is 4.90 Å². The molecule has 0 amide bonds. The van der Waals surface area contributed by atoms with Gasteiger partial charge in [-0.05, 0) is 25.2 Å². The van der Waals surface area contributed by atoms with Crippen molar-refractivity contribution in [3.05, 3.63) is 0 Å². The number of hydrogen-bond acceptors (Lipinski definition) is 3. The number of hydrogen-bond donors (Lipinski definition) is 0. The molecule has 3 aliphatic rings. The third kappa shape index (κ3) is 1.72. The Labute approximate surface area is 90.8 Å². The molecule has 0 radical (unpaired) electrons. The molecule has 1 heterocycles. The number of carbonyl (C=O) groups is 1. The van der Waals surface area contributed by atoms with Gasteiger partial charge in [0.2, 0.25) is 0 Å². The molecule has 0 aromatic rings. The van der Waals surface area contributed by atoms with Crippen LogP contribution in [0.4, 0.5) is 0 Å². The Morgan fingerprint density at radius 2 is 2.07 bits per heavy atom. The van der Waals surface area contributed by atoms with Crippen LogP contribution >= 0.6 is 0 Å². The summed E-state index contributed by atoms with van der Waals surface area (Å²) in [7, 11) is 0. The first-order valence-corrected chi connectivity index (χ1v) is 6.18. The van der Waals surface area contributed by atoms with Gasteiger partial charge in [-0.1, -0.05) is 0 Å². The predicted octanol–water partition coefficient (Wildman–Crippen LogP) is 0.934. The molecule has 3 atom stereocenters. The SMILES string of the molecule is O=C1[C@@H]2CC[C@H](C2)[C@@H]1CN1CCOCC1. The quantitative estimate of drug-likeness (QED) is 0.677. The van der Waals surface area contributed by atoms with Crippen molar-refractivity contribution in [3.63, 3.8) is 0 Å². The van der Waals surface area contributed by atoms with Crippen LogP contribution in [0.2, 0.25) is 0 Å². The van der Waals surface area contributed by atoms with Crippen molar-refractivity contribution >= 4 is 5.78 Å². The Morgan fingerprint density at radius 3 is 2.73 bits per heavy atom. The van der Waals surface area contributed by atoms with Crippen LogP contribution in [0.25, 0.3) is 0 Å². The lowest BCUT2D eigenvalue weighted by molar-refractivity contribution is -0.126. The molecule has 0 aromatic heterocycles. The minimum atomic E-state index is 0.363. The summed E-state index contributed by atoms with van der Waals surface area (Å²) in [4.78, 5) is 14.4. The molecule has 0 spiro atoms. The van der Waals surface area contributed by atoms with Crippen LogP contribution in [0.3, 0.4) is 0 Å². The van der Waals surface area contributed by atoms with Crippen LogP contribution in [0.15, 0.2) is 0 Å². The van der Waals surface area contributed by atoms with Gasteiger partial charge in [-0.25, -0.2) is 0 Å². The van der Waals surface area contributed by atoms with E-state index in [1.807, 2.05) is 0 Å². The van der Waals surface area contributed by atoms with Gasteiger partial charge in [0.15, 0.2) is 0 Å². The van der Waals surface area contributed by atoms with Crippen LogP contribution < -0.4 is 0 Å². The van der Waals surface area contributed by atoms with Crippen molar-refractivity contribution < 1.29 is 9.53 Å². The van der Waals surface area contributed by atoms with Gasteiger partial charge in [-0.3, -0.25) is 9.69 Å². The molecule has 3 rings (SSSR count). The topological polar surface area (TPSA) is 29.5 Å². The monoisotopic (exact) mass is 209 g/mol. The first-order chi connectivity index (χ1) is 7.34. The van der Waals surface area contributed by atoms with E-state index < -0.39 is 0 Å². The first kappa shape index (κ1) is 9.79. The van der Waals surface area contributed by atoms with E-state index in [9.17, 15) is 4.79 Å². The van der Waals surface area contributed by atoms with Gasteiger partial charge in [0, 0.05) is 31.5 Å². The van der Waals surface area contributed by atoms with Crippen LogP contribution in [-0.2, 0) is 9.53 Å². The summed E-state index contributed by atoms with van der Waals surface area (Å²) in [6, 6.07) is 0. The van der Waals surface area contributed by atoms with Crippen LogP contribution in [-0.4, -0.2) is 43.5 Å². The maximum Gasteiger partial charge on any atom is 0.140 e.